The molecular weight excluding hydrogens is 314 g/mol. The number of esters is 1. The zero-order valence-corrected chi connectivity index (χ0v) is 12.4. The average Bonchev–Trinajstić information content (AvgIpc) is 2.54. The summed E-state index contributed by atoms with van der Waals surface area (Å²) in [5, 5.41) is 3.14. The summed E-state index contributed by atoms with van der Waals surface area (Å²) in [5.74, 6) is -0.306. The molecule has 0 aliphatic heterocycles. The van der Waals surface area contributed by atoms with Gasteiger partial charge in [-0.05, 0) is 35.8 Å². The molecule has 16 heavy (non-hydrogen) atoms. The standard InChI is InChI=1S/C10H13BrClNO2S/c1-5(2)13-8(10(14)15-3)7-4-6(11)9(12)16-7/h4-5,8,13H,1-3H3. The predicted molar refractivity (Wildman–Crippen MR) is 70.1 cm³/mol. The van der Waals surface area contributed by atoms with Crippen molar-refractivity contribution in [2.24, 2.45) is 0 Å². The highest BCUT2D eigenvalue weighted by Gasteiger charge is 2.24. The fraction of sp³-hybridized carbons (Fsp3) is 0.500. The Balaban J connectivity index is 2.96. The number of methoxy groups -OCH3 is 1. The van der Waals surface area contributed by atoms with E-state index in [4.69, 9.17) is 16.3 Å². The van der Waals surface area contributed by atoms with Crippen molar-refractivity contribution in [2.45, 2.75) is 25.9 Å². The van der Waals surface area contributed by atoms with Crippen molar-refractivity contribution in [2.75, 3.05) is 7.11 Å². The Bertz CT molecular complexity index is 361. The molecule has 0 aliphatic carbocycles. The van der Waals surface area contributed by atoms with E-state index in [1.165, 1.54) is 18.4 Å². The molecule has 0 amide bonds. The lowest BCUT2D eigenvalue weighted by molar-refractivity contribution is -0.143. The molecule has 6 heteroatoms. The van der Waals surface area contributed by atoms with E-state index in [0.717, 1.165) is 9.35 Å². The van der Waals surface area contributed by atoms with E-state index in [2.05, 4.69) is 21.2 Å². The van der Waals surface area contributed by atoms with Gasteiger partial charge >= 0.3 is 5.97 Å². The van der Waals surface area contributed by atoms with Crippen molar-refractivity contribution in [3.8, 4) is 0 Å². The molecule has 1 atom stereocenters. The predicted octanol–water partition coefficient (Wildman–Crippen LogP) is 3.38. The molecule has 0 radical (unpaired) electrons. The molecule has 0 spiro atoms. The van der Waals surface area contributed by atoms with Crippen LogP contribution in [0.2, 0.25) is 4.34 Å². The maximum absolute atomic E-state index is 11.6. The van der Waals surface area contributed by atoms with Crippen molar-refractivity contribution in [3.63, 3.8) is 0 Å². The van der Waals surface area contributed by atoms with Gasteiger partial charge in [0.1, 0.15) is 10.4 Å². The number of carbonyl (C=O) groups is 1. The molecule has 0 saturated carbocycles. The maximum Gasteiger partial charge on any atom is 0.328 e. The maximum atomic E-state index is 11.6. The summed E-state index contributed by atoms with van der Waals surface area (Å²) in [7, 11) is 1.38. The van der Waals surface area contributed by atoms with Crippen LogP contribution in [0.3, 0.4) is 0 Å². The molecule has 0 fully saturated rings. The van der Waals surface area contributed by atoms with Gasteiger partial charge in [-0.1, -0.05) is 11.6 Å². The first-order valence-electron chi connectivity index (χ1n) is 4.74. The topological polar surface area (TPSA) is 38.3 Å². The minimum absolute atomic E-state index is 0.184. The number of hydrogen-bond donors (Lipinski definition) is 1. The number of halogens is 2. The Labute approximate surface area is 112 Å². The fourth-order valence-electron chi connectivity index (χ4n) is 1.22. The first kappa shape index (κ1) is 14.0. The number of hydrogen-bond acceptors (Lipinski definition) is 4. The number of thiophene rings is 1. The molecule has 1 unspecified atom stereocenters. The van der Waals surface area contributed by atoms with Crippen LogP contribution in [0.15, 0.2) is 10.5 Å². The van der Waals surface area contributed by atoms with Gasteiger partial charge in [0.2, 0.25) is 0 Å². The Morgan fingerprint density at radius 2 is 2.25 bits per heavy atom. The lowest BCUT2D eigenvalue weighted by Crippen LogP contribution is -2.33. The third-order valence-electron chi connectivity index (χ3n) is 1.89. The molecule has 1 N–H and O–H groups in total. The first-order valence-corrected chi connectivity index (χ1v) is 6.73. The molecule has 1 aromatic rings. The van der Waals surface area contributed by atoms with Gasteiger partial charge in [-0.3, -0.25) is 5.32 Å². The van der Waals surface area contributed by atoms with Gasteiger partial charge in [-0.25, -0.2) is 4.79 Å². The summed E-state index contributed by atoms with van der Waals surface area (Å²) in [4.78, 5) is 12.5. The highest BCUT2D eigenvalue weighted by Crippen LogP contribution is 2.35. The van der Waals surface area contributed by atoms with Crippen molar-refractivity contribution in [3.05, 3.63) is 19.8 Å². The van der Waals surface area contributed by atoms with Gasteiger partial charge in [0.25, 0.3) is 0 Å². The Morgan fingerprint density at radius 3 is 2.62 bits per heavy atom. The molecule has 1 rings (SSSR count). The smallest absolute Gasteiger partial charge is 0.328 e. The second-order valence-corrected chi connectivity index (χ2v) is 6.09. The highest BCUT2D eigenvalue weighted by atomic mass is 79.9. The van der Waals surface area contributed by atoms with Crippen molar-refractivity contribution in [1.82, 2.24) is 5.32 Å². The van der Waals surface area contributed by atoms with Crippen molar-refractivity contribution < 1.29 is 9.53 Å². The van der Waals surface area contributed by atoms with Gasteiger partial charge < -0.3 is 4.74 Å². The zero-order chi connectivity index (χ0) is 12.3. The Kier molecular flexibility index (Phi) is 5.24. The van der Waals surface area contributed by atoms with Gasteiger partial charge in [0, 0.05) is 15.4 Å². The van der Waals surface area contributed by atoms with Crippen LogP contribution in [0.25, 0.3) is 0 Å². The molecule has 1 aromatic heterocycles. The van der Waals surface area contributed by atoms with E-state index < -0.39 is 6.04 Å². The largest absolute Gasteiger partial charge is 0.468 e. The van der Waals surface area contributed by atoms with Gasteiger partial charge in [0.05, 0.1) is 7.11 Å². The highest BCUT2D eigenvalue weighted by molar-refractivity contribution is 9.10. The number of nitrogens with one attached hydrogen (secondary N) is 1. The van der Waals surface area contributed by atoms with E-state index in [9.17, 15) is 4.79 Å². The molecule has 0 saturated heterocycles. The summed E-state index contributed by atoms with van der Waals surface area (Å²) in [5.41, 5.74) is 0. The van der Waals surface area contributed by atoms with Crippen LogP contribution >= 0.6 is 38.9 Å². The summed E-state index contributed by atoms with van der Waals surface area (Å²) >= 11 is 10.6. The number of ether oxygens (including phenoxy) is 1. The molecule has 0 bridgehead atoms. The van der Waals surface area contributed by atoms with E-state index in [0.29, 0.717) is 4.34 Å². The minimum Gasteiger partial charge on any atom is -0.468 e. The average molecular weight is 327 g/mol. The normalized spacial score (nSPS) is 12.9. The summed E-state index contributed by atoms with van der Waals surface area (Å²) in [6.45, 7) is 3.94. The summed E-state index contributed by atoms with van der Waals surface area (Å²) in [6, 6.07) is 1.56. The van der Waals surface area contributed by atoms with Crippen LogP contribution in [0, 0.1) is 0 Å². The molecule has 1 heterocycles. The molecule has 0 aromatic carbocycles. The molecular formula is C10H13BrClNO2S. The van der Waals surface area contributed by atoms with Crippen LogP contribution < -0.4 is 5.32 Å². The van der Waals surface area contributed by atoms with E-state index >= 15 is 0 Å². The first-order chi connectivity index (χ1) is 7.45. The fourth-order valence-corrected chi connectivity index (χ4v) is 3.01. The Hall–Kier alpha value is -0.100. The second-order valence-electron chi connectivity index (χ2n) is 3.55. The second kappa shape index (κ2) is 6.00. The number of carbonyl (C=O) groups excluding carboxylic acids is 1. The monoisotopic (exact) mass is 325 g/mol. The van der Waals surface area contributed by atoms with Gasteiger partial charge in [0.15, 0.2) is 0 Å². The quantitative estimate of drug-likeness (QED) is 0.862. The van der Waals surface area contributed by atoms with Crippen molar-refractivity contribution >= 4 is 44.8 Å². The lowest BCUT2D eigenvalue weighted by atomic mass is 10.2. The lowest BCUT2D eigenvalue weighted by Gasteiger charge is -2.17. The van der Waals surface area contributed by atoms with Gasteiger partial charge in [-0.2, -0.15) is 0 Å². The Morgan fingerprint density at radius 1 is 1.62 bits per heavy atom. The summed E-state index contributed by atoms with van der Waals surface area (Å²) in [6.07, 6.45) is 0. The zero-order valence-electron chi connectivity index (χ0n) is 9.21. The molecule has 0 aliphatic rings. The third kappa shape index (κ3) is 3.45. The van der Waals surface area contributed by atoms with Gasteiger partial charge in [-0.15, -0.1) is 11.3 Å². The van der Waals surface area contributed by atoms with Crippen LogP contribution in [0.1, 0.15) is 24.8 Å². The van der Waals surface area contributed by atoms with Crippen LogP contribution in [0.4, 0.5) is 0 Å². The molecule has 3 nitrogen and oxygen atoms in total. The minimum atomic E-state index is -0.459. The van der Waals surface area contributed by atoms with Crippen LogP contribution in [-0.2, 0) is 9.53 Å². The summed E-state index contributed by atoms with van der Waals surface area (Å²) < 4.78 is 6.20. The van der Waals surface area contributed by atoms with E-state index in [1.54, 1.807) is 0 Å². The van der Waals surface area contributed by atoms with Crippen molar-refractivity contribution in [1.29, 1.82) is 0 Å². The SMILES string of the molecule is COC(=O)C(NC(C)C)c1cc(Br)c(Cl)s1. The number of rotatable bonds is 4. The third-order valence-corrected chi connectivity index (χ3v) is 4.43. The van der Waals surface area contributed by atoms with Crippen LogP contribution in [0.5, 0.6) is 0 Å². The molecule has 90 valence electrons. The van der Waals surface area contributed by atoms with E-state index in [-0.39, 0.29) is 12.0 Å². The van der Waals surface area contributed by atoms with E-state index in [1.807, 2.05) is 19.9 Å². The van der Waals surface area contributed by atoms with Crippen LogP contribution in [-0.4, -0.2) is 19.1 Å².